The second kappa shape index (κ2) is 5.80. The van der Waals surface area contributed by atoms with Gasteiger partial charge < -0.3 is 11.1 Å². The Morgan fingerprint density at radius 2 is 2.10 bits per heavy atom. The van der Waals surface area contributed by atoms with Gasteiger partial charge in [-0.25, -0.2) is 8.78 Å². The highest BCUT2D eigenvalue weighted by atomic mass is 79.9. The van der Waals surface area contributed by atoms with Gasteiger partial charge in [0.15, 0.2) is 11.5 Å². The number of nitrogen functional groups attached to an aromatic ring is 1. The standard InChI is InChI=1S/C13H13BrF2N4O/c1-5(2)10-9(17)12(20-19-10)13(21)18-11-7(14)3-6(15)4-8(11)16/h3-5H,17H2,1-2H3,(H,18,21)(H,19,20). The van der Waals surface area contributed by atoms with Crippen LogP contribution in [0, 0.1) is 11.6 Å². The van der Waals surface area contributed by atoms with Crippen molar-refractivity contribution >= 4 is 33.2 Å². The summed E-state index contributed by atoms with van der Waals surface area (Å²) in [5.41, 5.74) is 6.47. The maximum atomic E-state index is 13.7. The smallest absolute Gasteiger partial charge is 0.278 e. The van der Waals surface area contributed by atoms with Gasteiger partial charge in [-0.2, -0.15) is 5.10 Å². The molecular formula is C13H13BrF2N4O. The van der Waals surface area contributed by atoms with Crippen molar-refractivity contribution in [2.45, 2.75) is 19.8 Å². The van der Waals surface area contributed by atoms with Gasteiger partial charge in [0.2, 0.25) is 0 Å². The van der Waals surface area contributed by atoms with Crippen molar-refractivity contribution in [1.82, 2.24) is 10.2 Å². The number of aromatic nitrogens is 2. The number of hydrogen-bond donors (Lipinski definition) is 3. The molecule has 0 unspecified atom stereocenters. The second-order valence-electron chi connectivity index (χ2n) is 4.75. The van der Waals surface area contributed by atoms with Gasteiger partial charge in [-0.1, -0.05) is 13.8 Å². The fraction of sp³-hybridized carbons (Fsp3) is 0.231. The quantitative estimate of drug-likeness (QED) is 0.785. The van der Waals surface area contributed by atoms with E-state index in [-0.39, 0.29) is 27.5 Å². The van der Waals surface area contributed by atoms with Crippen LogP contribution in [-0.4, -0.2) is 16.1 Å². The van der Waals surface area contributed by atoms with E-state index in [9.17, 15) is 13.6 Å². The van der Waals surface area contributed by atoms with Gasteiger partial charge >= 0.3 is 0 Å². The molecule has 1 aromatic heterocycles. The molecule has 0 saturated heterocycles. The van der Waals surface area contributed by atoms with Crippen molar-refractivity contribution in [1.29, 1.82) is 0 Å². The number of benzene rings is 1. The molecule has 0 saturated carbocycles. The summed E-state index contributed by atoms with van der Waals surface area (Å²) in [6.45, 7) is 3.78. The number of anilines is 2. The molecule has 0 fully saturated rings. The molecule has 8 heteroatoms. The molecule has 4 N–H and O–H groups in total. The third-order valence-corrected chi connectivity index (χ3v) is 3.50. The number of nitrogens with two attached hydrogens (primary N) is 1. The number of rotatable bonds is 3. The molecule has 21 heavy (non-hydrogen) atoms. The van der Waals surface area contributed by atoms with E-state index in [1.165, 1.54) is 0 Å². The highest BCUT2D eigenvalue weighted by Crippen LogP contribution is 2.28. The van der Waals surface area contributed by atoms with Crippen molar-refractivity contribution in [3.05, 3.63) is 39.6 Å². The highest BCUT2D eigenvalue weighted by molar-refractivity contribution is 9.10. The number of aromatic amines is 1. The number of H-pyrrole nitrogens is 1. The lowest BCUT2D eigenvalue weighted by molar-refractivity contribution is 0.102. The maximum absolute atomic E-state index is 13.7. The van der Waals surface area contributed by atoms with Crippen LogP contribution in [0.4, 0.5) is 20.2 Å². The zero-order valence-corrected chi connectivity index (χ0v) is 12.9. The summed E-state index contributed by atoms with van der Waals surface area (Å²) in [6.07, 6.45) is 0. The summed E-state index contributed by atoms with van der Waals surface area (Å²) < 4.78 is 26.8. The fourth-order valence-corrected chi connectivity index (χ4v) is 2.32. The zero-order valence-electron chi connectivity index (χ0n) is 11.3. The van der Waals surface area contributed by atoms with Gasteiger partial charge in [-0.3, -0.25) is 9.89 Å². The SMILES string of the molecule is CC(C)c1[nH]nc(C(=O)Nc2c(F)cc(F)cc2Br)c1N. The first-order valence-corrected chi connectivity index (χ1v) is 6.90. The highest BCUT2D eigenvalue weighted by Gasteiger charge is 2.21. The third kappa shape index (κ3) is 3.05. The van der Waals surface area contributed by atoms with Crippen LogP contribution in [0.15, 0.2) is 16.6 Å². The monoisotopic (exact) mass is 358 g/mol. The van der Waals surface area contributed by atoms with E-state index >= 15 is 0 Å². The number of nitrogens with zero attached hydrogens (tertiary/aromatic N) is 1. The average Bonchev–Trinajstić information content (AvgIpc) is 2.75. The van der Waals surface area contributed by atoms with Crippen LogP contribution in [-0.2, 0) is 0 Å². The van der Waals surface area contributed by atoms with E-state index in [4.69, 9.17) is 5.73 Å². The van der Waals surface area contributed by atoms with Gasteiger partial charge in [0.1, 0.15) is 5.82 Å². The van der Waals surface area contributed by atoms with Gasteiger partial charge in [-0.05, 0) is 27.9 Å². The predicted octanol–water partition coefficient (Wildman–Crippen LogP) is 3.41. The Morgan fingerprint density at radius 1 is 1.43 bits per heavy atom. The number of nitrogens with one attached hydrogen (secondary N) is 2. The molecule has 2 aromatic rings. The van der Waals surface area contributed by atoms with Crippen molar-refractivity contribution in [2.75, 3.05) is 11.1 Å². The molecule has 0 bridgehead atoms. The molecule has 5 nitrogen and oxygen atoms in total. The zero-order chi connectivity index (χ0) is 15.7. The fourth-order valence-electron chi connectivity index (χ4n) is 1.81. The van der Waals surface area contributed by atoms with Crippen LogP contribution in [0.3, 0.4) is 0 Å². The predicted molar refractivity (Wildman–Crippen MR) is 79.1 cm³/mol. The second-order valence-corrected chi connectivity index (χ2v) is 5.61. The van der Waals surface area contributed by atoms with E-state index in [0.717, 1.165) is 6.07 Å². The Morgan fingerprint density at radius 3 is 2.62 bits per heavy atom. The van der Waals surface area contributed by atoms with Gasteiger partial charge in [0, 0.05) is 10.5 Å². The summed E-state index contributed by atoms with van der Waals surface area (Å²) >= 11 is 2.99. The first-order valence-electron chi connectivity index (χ1n) is 6.11. The van der Waals surface area contributed by atoms with Crippen LogP contribution in [0.2, 0.25) is 0 Å². The molecule has 112 valence electrons. The molecule has 0 radical (unpaired) electrons. The first-order chi connectivity index (χ1) is 9.81. The third-order valence-electron chi connectivity index (χ3n) is 2.87. The molecule has 0 aliphatic heterocycles. The Hall–Kier alpha value is -1.96. The normalized spacial score (nSPS) is 11.0. The summed E-state index contributed by atoms with van der Waals surface area (Å²) in [5.74, 6) is -2.26. The number of hydrogen-bond acceptors (Lipinski definition) is 3. The molecule has 1 amide bonds. The van der Waals surface area contributed by atoms with Gasteiger partial charge in [-0.15, -0.1) is 0 Å². The lowest BCUT2D eigenvalue weighted by atomic mass is 10.1. The van der Waals surface area contributed by atoms with Gasteiger partial charge in [0.05, 0.1) is 17.1 Å². The van der Waals surface area contributed by atoms with Crippen LogP contribution < -0.4 is 11.1 Å². The maximum Gasteiger partial charge on any atom is 0.278 e. The summed E-state index contributed by atoms with van der Waals surface area (Å²) in [7, 11) is 0. The van der Waals surface area contributed by atoms with Crippen molar-refractivity contribution < 1.29 is 13.6 Å². The lowest BCUT2D eigenvalue weighted by Gasteiger charge is -2.08. The molecule has 0 aliphatic rings. The molecule has 1 aromatic carbocycles. The molecule has 2 rings (SSSR count). The lowest BCUT2D eigenvalue weighted by Crippen LogP contribution is -2.16. The van der Waals surface area contributed by atoms with Gasteiger partial charge in [0.25, 0.3) is 5.91 Å². The van der Waals surface area contributed by atoms with Crippen LogP contribution in [0.25, 0.3) is 0 Å². The van der Waals surface area contributed by atoms with E-state index < -0.39 is 17.5 Å². The minimum Gasteiger partial charge on any atom is -0.395 e. The number of carbonyl (C=O) groups is 1. The summed E-state index contributed by atoms with van der Waals surface area (Å²) in [6, 6.07) is 1.72. The molecule has 0 aliphatic carbocycles. The van der Waals surface area contributed by atoms with Crippen molar-refractivity contribution in [3.8, 4) is 0 Å². The topological polar surface area (TPSA) is 83.8 Å². The van der Waals surface area contributed by atoms with Crippen molar-refractivity contribution in [2.24, 2.45) is 0 Å². The van der Waals surface area contributed by atoms with Crippen LogP contribution >= 0.6 is 15.9 Å². The number of carbonyl (C=O) groups excluding carboxylic acids is 1. The minimum absolute atomic E-state index is 0.0330. The largest absolute Gasteiger partial charge is 0.395 e. The van der Waals surface area contributed by atoms with Crippen LogP contribution in [0.5, 0.6) is 0 Å². The first kappa shape index (κ1) is 15.4. The minimum atomic E-state index is -0.895. The Kier molecular flexibility index (Phi) is 4.26. The number of amides is 1. The molecule has 1 heterocycles. The Labute approximate surface area is 128 Å². The molecule has 0 atom stereocenters. The van der Waals surface area contributed by atoms with E-state index in [1.54, 1.807) is 0 Å². The molecular weight excluding hydrogens is 346 g/mol. The number of halogens is 3. The van der Waals surface area contributed by atoms with E-state index in [1.807, 2.05) is 13.8 Å². The summed E-state index contributed by atoms with van der Waals surface area (Å²) in [5, 5.41) is 8.84. The van der Waals surface area contributed by atoms with E-state index in [0.29, 0.717) is 11.8 Å². The van der Waals surface area contributed by atoms with E-state index in [2.05, 4.69) is 31.4 Å². The van der Waals surface area contributed by atoms with Crippen LogP contribution in [0.1, 0.15) is 35.9 Å². The Balaban J connectivity index is 2.31. The van der Waals surface area contributed by atoms with Crippen molar-refractivity contribution in [3.63, 3.8) is 0 Å². The molecule has 0 spiro atoms. The Bertz CT molecular complexity index is 676. The summed E-state index contributed by atoms with van der Waals surface area (Å²) in [4.78, 5) is 12.1. The average molecular weight is 359 g/mol.